The van der Waals surface area contributed by atoms with Gasteiger partial charge < -0.3 is 5.11 Å². The van der Waals surface area contributed by atoms with Crippen LogP contribution in [0.1, 0.15) is 27.8 Å². The Balaban J connectivity index is 2.10. The van der Waals surface area contributed by atoms with Crippen LogP contribution in [-0.2, 0) is 6.42 Å². The van der Waals surface area contributed by atoms with Gasteiger partial charge in [-0.25, -0.2) is 0 Å². The Hall–Kier alpha value is -1.19. The van der Waals surface area contributed by atoms with E-state index < -0.39 is 6.10 Å². The van der Waals surface area contributed by atoms with Crippen molar-refractivity contribution >= 4 is 11.3 Å². The molecule has 0 aliphatic heterocycles. The lowest BCUT2D eigenvalue weighted by atomic mass is 10.1. The lowest BCUT2D eigenvalue weighted by Gasteiger charge is -2.09. The molecule has 0 saturated heterocycles. The molecule has 2 nitrogen and oxygen atoms in total. The minimum Gasteiger partial charge on any atom is -0.387 e. The van der Waals surface area contributed by atoms with E-state index in [9.17, 15) is 5.11 Å². The van der Waals surface area contributed by atoms with Crippen LogP contribution in [0.5, 0.6) is 0 Å². The van der Waals surface area contributed by atoms with E-state index in [1.165, 1.54) is 0 Å². The number of pyridine rings is 1. The summed E-state index contributed by atoms with van der Waals surface area (Å²) in [5, 5.41) is 12.1. The highest BCUT2D eigenvalue weighted by molar-refractivity contribution is 7.10. The van der Waals surface area contributed by atoms with Gasteiger partial charge in [-0.15, -0.1) is 11.3 Å². The van der Waals surface area contributed by atoms with Crippen LogP contribution in [0.25, 0.3) is 0 Å². The third-order valence-electron chi connectivity index (χ3n) is 2.58. The van der Waals surface area contributed by atoms with Gasteiger partial charge in [-0.2, -0.15) is 0 Å². The maximum Gasteiger partial charge on any atom is 0.0939 e. The summed E-state index contributed by atoms with van der Waals surface area (Å²) in [5.74, 6) is 0. The van der Waals surface area contributed by atoms with Gasteiger partial charge in [-0.05, 0) is 42.5 Å². The maximum atomic E-state index is 10.1. The van der Waals surface area contributed by atoms with E-state index in [4.69, 9.17) is 0 Å². The molecule has 2 heterocycles. The lowest BCUT2D eigenvalue weighted by molar-refractivity contribution is 0.180. The Kier molecular flexibility index (Phi) is 3.36. The van der Waals surface area contributed by atoms with Gasteiger partial charge in [-0.3, -0.25) is 4.98 Å². The summed E-state index contributed by atoms with van der Waals surface area (Å²) in [4.78, 5) is 5.35. The first-order chi connectivity index (χ1) is 7.66. The molecule has 2 rings (SSSR count). The van der Waals surface area contributed by atoms with Crippen LogP contribution in [-0.4, -0.2) is 10.1 Å². The molecule has 1 atom stereocenters. The Morgan fingerprint density at radius 1 is 1.31 bits per heavy atom. The summed E-state index contributed by atoms with van der Waals surface area (Å²) in [6.45, 7) is 4.04. The molecule has 0 saturated carbocycles. The SMILES string of the molecule is Cc1ccc(CC(O)c2sccc2C)nc1. The van der Waals surface area contributed by atoms with Crippen molar-refractivity contribution in [1.82, 2.24) is 4.98 Å². The Morgan fingerprint density at radius 3 is 2.69 bits per heavy atom. The topological polar surface area (TPSA) is 33.1 Å². The molecule has 0 aromatic carbocycles. The molecular weight excluding hydrogens is 218 g/mol. The van der Waals surface area contributed by atoms with E-state index in [0.717, 1.165) is 21.7 Å². The van der Waals surface area contributed by atoms with E-state index >= 15 is 0 Å². The zero-order valence-corrected chi connectivity index (χ0v) is 10.3. The van der Waals surface area contributed by atoms with Crippen molar-refractivity contribution in [3.05, 3.63) is 51.5 Å². The van der Waals surface area contributed by atoms with Crippen molar-refractivity contribution in [3.63, 3.8) is 0 Å². The van der Waals surface area contributed by atoms with Gasteiger partial charge in [0, 0.05) is 23.2 Å². The van der Waals surface area contributed by atoms with Gasteiger partial charge in [0.2, 0.25) is 0 Å². The highest BCUT2D eigenvalue weighted by Gasteiger charge is 2.12. The summed E-state index contributed by atoms with van der Waals surface area (Å²) in [6, 6.07) is 6.03. The third-order valence-corrected chi connectivity index (χ3v) is 3.70. The van der Waals surface area contributed by atoms with Crippen molar-refractivity contribution in [2.24, 2.45) is 0 Å². The molecule has 0 spiro atoms. The van der Waals surface area contributed by atoms with Crippen molar-refractivity contribution < 1.29 is 5.11 Å². The van der Waals surface area contributed by atoms with Crippen LogP contribution in [0.3, 0.4) is 0 Å². The first-order valence-corrected chi connectivity index (χ1v) is 6.18. The predicted octanol–water partition coefficient (Wildman–Crippen LogP) is 3.04. The summed E-state index contributed by atoms with van der Waals surface area (Å²) >= 11 is 1.60. The quantitative estimate of drug-likeness (QED) is 0.884. The van der Waals surface area contributed by atoms with E-state index in [2.05, 4.69) is 4.98 Å². The molecule has 3 heteroatoms. The van der Waals surface area contributed by atoms with E-state index in [1.54, 1.807) is 11.3 Å². The van der Waals surface area contributed by atoms with E-state index in [-0.39, 0.29) is 0 Å². The summed E-state index contributed by atoms with van der Waals surface area (Å²) in [7, 11) is 0. The number of aliphatic hydroxyl groups is 1. The first kappa shape index (κ1) is 11.3. The molecule has 0 amide bonds. The van der Waals surface area contributed by atoms with Crippen LogP contribution in [0.2, 0.25) is 0 Å². The van der Waals surface area contributed by atoms with Crippen LogP contribution in [0.15, 0.2) is 29.8 Å². The van der Waals surface area contributed by atoms with E-state index in [1.807, 2.05) is 43.6 Å². The summed E-state index contributed by atoms with van der Waals surface area (Å²) in [5.41, 5.74) is 3.24. The number of aromatic nitrogens is 1. The number of nitrogens with zero attached hydrogens (tertiary/aromatic N) is 1. The number of aryl methyl sites for hydroxylation is 2. The molecule has 2 aromatic rings. The average Bonchev–Trinajstić information content (AvgIpc) is 2.68. The standard InChI is InChI=1S/C13H15NOS/c1-9-3-4-11(14-8-9)7-12(15)13-10(2)5-6-16-13/h3-6,8,12,15H,7H2,1-2H3. The van der Waals surface area contributed by atoms with Gasteiger partial charge in [0.05, 0.1) is 6.10 Å². The molecule has 0 aliphatic rings. The fourth-order valence-corrected chi connectivity index (χ4v) is 2.55. The van der Waals surface area contributed by atoms with Crippen molar-refractivity contribution in [3.8, 4) is 0 Å². The van der Waals surface area contributed by atoms with E-state index in [0.29, 0.717) is 6.42 Å². The smallest absolute Gasteiger partial charge is 0.0939 e. The van der Waals surface area contributed by atoms with Gasteiger partial charge in [0.25, 0.3) is 0 Å². The predicted molar refractivity (Wildman–Crippen MR) is 66.7 cm³/mol. The number of thiophene rings is 1. The Bertz CT molecular complexity index is 461. The Morgan fingerprint density at radius 2 is 2.12 bits per heavy atom. The highest BCUT2D eigenvalue weighted by atomic mass is 32.1. The molecular formula is C13H15NOS. The third kappa shape index (κ3) is 2.49. The fourth-order valence-electron chi connectivity index (χ4n) is 1.64. The molecule has 1 unspecified atom stereocenters. The normalized spacial score (nSPS) is 12.7. The second kappa shape index (κ2) is 4.76. The van der Waals surface area contributed by atoms with Crippen molar-refractivity contribution in [2.75, 3.05) is 0 Å². The lowest BCUT2D eigenvalue weighted by Crippen LogP contribution is -2.02. The molecule has 16 heavy (non-hydrogen) atoms. The largest absolute Gasteiger partial charge is 0.387 e. The van der Waals surface area contributed by atoms with Crippen LogP contribution in [0, 0.1) is 13.8 Å². The van der Waals surface area contributed by atoms with Crippen LogP contribution >= 0.6 is 11.3 Å². The number of aliphatic hydroxyl groups excluding tert-OH is 1. The van der Waals surface area contributed by atoms with Crippen molar-refractivity contribution in [1.29, 1.82) is 0 Å². The van der Waals surface area contributed by atoms with Gasteiger partial charge in [0.15, 0.2) is 0 Å². The minimum absolute atomic E-state index is 0.435. The molecule has 1 N–H and O–H groups in total. The monoisotopic (exact) mass is 233 g/mol. The zero-order chi connectivity index (χ0) is 11.5. The van der Waals surface area contributed by atoms with Gasteiger partial charge in [0.1, 0.15) is 0 Å². The fraction of sp³-hybridized carbons (Fsp3) is 0.308. The molecule has 2 aromatic heterocycles. The minimum atomic E-state index is -0.435. The molecule has 0 aliphatic carbocycles. The Labute approximate surface area is 99.6 Å². The number of rotatable bonds is 3. The molecule has 84 valence electrons. The van der Waals surface area contributed by atoms with Gasteiger partial charge in [-0.1, -0.05) is 6.07 Å². The summed E-state index contributed by atoms with van der Waals surface area (Å²) in [6.07, 6.45) is 1.99. The van der Waals surface area contributed by atoms with Crippen LogP contribution < -0.4 is 0 Å². The molecule has 0 fully saturated rings. The van der Waals surface area contributed by atoms with Crippen molar-refractivity contribution in [2.45, 2.75) is 26.4 Å². The molecule has 0 radical (unpaired) electrons. The maximum absolute atomic E-state index is 10.1. The highest BCUT2D eigenvalue weighted by Crippen LogP contribution is 2.26. The van der Waals surface area contributed by atoms with Gasteiger partial charge >= 0.3 is 0 Å². The summed E-state index contributed by atoms with van der Waals surface area (Å²) < 4.78 is 0. The number of hydrogen-bond acceptors (Lipinski definition) is 3. The number of hydrogen-bond donors (Lipinski definition) is 1. The van der Waals surface area contributed by atoms with Crippen LogP contribution in [0.4, 0.5) is 0 Å². The average molecular weight is 233 g/mol. The second-order valence-corrected chi connectivity index (χ2v) is 4.96. The second-order valence-electron chi connectivity index (χ2n) is 4.01. The molecule has 0 bridgehead atoms. The first-order valence-electron chi connectivity index (χ1n) is 5.30. The zero-order valence-electron chi connectivity index (χ0n) is 9.47.